The average Bonchev–Trinajstić information content (AvgIpc) is 2.57. The molecule has 0 fully saturated rings. The number of nitrogens with one attached hydrogen (secondary N) is 2. The molecule has 0 saturated heterocycles. The summed E-state index contributed by atoms with van der Waals surface area (Å²) in [6, 6.07) is -1.57. The Balaban J connectivity index is 0. The van der Waals surface area contributed by atoms with Crippen molar-refractivity contribution in [3.63, 3.8) is 0 Å². The largest absolute Gasteiger partial charge is 0.490 e. The molecule has 0 aliphatic heterocycles. The van der Waals surface area contributed by atoms with Gasteiger partial charge < -0.3 is 20.3 Å². The van der Waals surface area contributed by atoms with Gasteiger partial charge in [-0.05, 0) is 13.8 Å². The third-order valence-electron chi connectivity index (χ3n) is 2.47. The SMILES string of the molecule is COC(=O)[C@H](C)NP(=O)(N[C@H](C)C(=O)OC)SCCN.O=C(O)C(F)(F)F. The first-order valence-electron chi connectivity index (χ1n) is 7.20. The van der Waals surface area contributed by atoms with Crippen molar-refractivity contribution in [3.05, 3.63) is 0 Å². The highest BCUT2D eigenvalue weighted by molar-refractivity contribution is 8.56. The number of alkyl halides is 3. The number of carbonyl (C=O) groups excluding carboxylic acids is 2. The number of nitrogens with two attached hydrogens (primary N) is 1. The molecule has 0 rings (SSSR count). The van der Waals surface area contributed by atoms with Gasteiger partial charge in [-0.1, -0.05) is 11.4 Å². The summed E-state index contributed by atoms with van der Waals surface area (Å²) in [5, 5.41) is 12.4. The van der Waals surface area contributed by atoms with Crippen molar-refractivity contribution in [1.82, 2.24) is 10.2 Å². The van der Waals surface area contributed by atoms with Gasteiger partial charge in [0.1, 0.15) is 12.1 Å². The quantitative estimate of drug-likeness (QED) is 0.295. The van der Waals surface area contributed by atoms with E-state index in [4.69, 9.17) is 15.6 Å². The van der Waals surface area contributed by atoms with E-state index in [1.165, 1.54) is 28.1 Å². The molecule has 0 aromatic rings. The van der Waals surface area contributed by atoms with E-state index in [0.29, 0.717) is 12.3 Å². The molecular weight excluding hydrogens is 418 g/mol. The second kappa shape index (κ2) is 12.9. The number of carboxylic acid groups (broad SMARTS) is 1. The van der Waals surface area contributed by atoms with Crippen molar-refractivity contribution in [1.29, 1.82) is 0 Å². The maximum Gasteiger partial charge on any atom is 0.490 e. The fraction of sp³-hybridized carbons (Fsp3) is 0.750. The number of methoxy groups -OCH3 is 2. The molecule has 0 aromatic heterocycles. The maximum absolute atomic E-state index is 12.7. The number of ether oxygens (including phenoxy) is 2. The Bertz CT molecular complexity index is 523. The number of esters is 2. The van der Waals surface area contributed by atoms with Crippen LogP contribution in [0.25, 0.3) is 0 Å². The maximum atomic E-state index is 12.7. The van der Waals surface area contributed by atoms with Gasteiger partial charge in [0.15, 0.2) is 0 Å². The van der Waals surface area contributed by atoms with E-state index in [-0.39, 0.29) is 0 Å². The number of rotatable bonds is 9. The van der Waals surface area contributed by atoms with Gasteiger partial charge in [0, 0.05) is 12.3 Å². The molecule has 160 valence electrons. The average molecular weight is 441 g/mol. The second-order valence-electron chi connectivity index (χ2n) is 4.72. The summed E-state index contributed by atoms with van der Waals surface area (Å²) in [6.07, 6.45) is -5.08. The van der Waals surface area contributed by atoms with Crippen LogP contribution in [-0.2, 0) is 28.4 Å². The minimum Gasteiger partial charge on any atom is -0.475 e. The van der Waals surface area contributed by atoms with Crippen molar-refractivity contribution < 1.29 is 46.7 Å². The number of halogens is 3. The van der Waals surface area contributed by atoms with Gasteiger partial charge in [-0.2, -0.15) is 13.2 Å². The molecule has 0 aromatic carbocycles. The number of hydrogen-bond donors (Lipinski definition) is 4. The highest BCUT2D eigenvalue weighted by Crippen LogP contribution is 2.51. The first-order chi connectivity index (χ1) is 12.2. The van der Waals surface area contributed by atoms with E-state index < -0.39 is 42.8 Å². The summed E-state index contributed by atoms with van der Waals surface area (Å²) in [6.45, 7) is 0.109. The van der Waals surface area contributed by atoms with Crippen molar-refractivity contribution in [2.45, 2.75) is 32.1 Å². The predicted octanol–water partition coefficient (Wildman–Crippen LogP) is 0.722. The fourth-order valence-electron chi connectivity index (χ4n) is 1.26. The Morgan fingerprint density at radius 3 is 1.67 bits per heavy atom. The van der Waals surface area contributed by atoms with Crippen LogP contribution in [0.3, 0.4) is 0 Å². The number of hydrogen-bond acceptors (Lipinski definition) is 8. The Hall–Kier alpha value is -1.34. The van der Waals surface area contributed by atoms with Gasteiger partial charge in [-0.3, -0.25) is 14.2 Å². The smallest absolute Gasteiger partial charge is 0.475 e. The molecule has 0 amide bonds. The molecule has 27 heavy (non-hydrogen) atoms. The van der Waals surface area contributed by atoms with Gasteiger partial charge in [0.05, 0.1) is 14.2 Å². The molecular formula is C12H23F3N3O7PS. The summed E-state index contributed by atoms with van der Waals surface area (Å²) in [5.74, 6) is -3.45. The summed E-state index contributed by atoms with van der Waals surface area (Å²) < 4.78 is 53.6. The van der Waals surface area contributed by atoms with Gasteiger partial charge in [-0.25, -0.2) is 15.0 Å². The topological polar surface area (TPSA) is 157 Å². The van der Waals surface area contributed by atoms with Gasteiger partial charge in [-0.15, -0.1) is 0 Å². The van der Waals surface area contributed by atoms with E-state index in [2.05, 4.69) is 19.6 Å². The first kappa shape index (κ1) is 27.9. The van der Waals surface area contributed by atoms with Crippen LogP contribution in [0, 0.1) is 0 Å². The molecule has 15 heteroatoms. The molecule has 5 N–H and O–H groups in total. The number of aliphatic carboxylic acids is 1. The minimum atomic E-state index is -5.08. The second-order valence-corrected chi connectivity index (χ2v) is 9.33. The predicted molar refractivity (Wildman–Crippen MR) is 92.0 cm³/mol. The van der Waals surface area contributed by atoms with E-state index in [1.807, 2.05) is 0 Å². The van der Waals surface area contributed by atoms with Crippen LogP contribution >= 0.6 is 18.0 Å². The highest BCUT2D eigenvalue weighted by Gasteiger charge is 2.38. The van der Waals surface area contributed by atoms with E-state index >= 15 is 0 Å². The molecule has 0 aliphatic carbocycles. The molecule has 0 bridgehead atoms. The molecule has 1 unspecified atom stereocenters. The van der Waals surface area contributed by atoms with Crippen molar-refractivity contribution in [2.75, 3.05) is 26.5 Å². The summed E-state index contributed by atoms with van der Waals surface area (Å²) in [5.41, 5.74) is 5.39. The normalized spacial score (nSPS) is 15.4. The number of carboxylic acids is 1. The molecule has 0 heterocycles. The summed E-state index contributed by atoms with van der Waals surface area (Å²) >= 11 is 1.03. The highest BCUT2D eigenvalue weighted by atomic mass is 32.7. The van der Waals surface area contributed by atoms with Crippen LogP contribution < -0.4 is 15.9 Å². The molecule has 0 aliphatic rings. The zero-order valence-electron chi connectivity index (χ0n) is 15.0. The third-order valence-corrected chi connectivity index (χ3v) is 6.98. The zero-order valence-corrected chi connectivity index (χ0v) is 16.7. The zero-order chi connectivity index (χ0) is 21.8. The summed E-state index contributed by atoms with van der Waals surface area (Å²) in [4.78, 5) is 31.7. The molecule has 10 nitrogen and oxygen atoms in total. The van der Waals surface area contributed by atoms with Crippen molar-refractivity contribution in [2.24, 2.45) is 5.73 Å². The van der Waals surface area contributed by atoms with Gasteiger partial charge >= 0.3 is 24.1 Å². The van der Waals surface area contributed by atoms with Crippen LogP contribution in [0.5, 0.6) is 0 Å². The van der Waals surface area contributed by atoms with Gasteiger partial charge in [0.25, 0.3) is 6.65 Å². The minimum absolute atomic E-state index is 0.317. The van der Waals surface area contributed by atoms with Crippen molar-refractivity contribution >= 4 is 35.9 Å². The molecule has 3 atom stereocenters. The fourth-order valence-corrected chi connectivity index (χ4v) is 5.56. The van der Waals surface area contributed by atoms with Crippen LogP contribution in [0.15, 0.2) is 0 Å². The van der Waals surface area contributed by atoms with E-state index in [0.717, 1.165) is 11.4 Å². The van der Waals surface area contributed by atoms with Gasteiger partial charge in [0.2, 0.25) is 0 Å². The van der Waals surface area contributed by atoms with Crippen LogP contribution in [-0.4, -0.2) is 67.8 Å². The van der Waals surface area contributed by atoms with Crippen molar-refractivity contribution in [3.8, 4) is 0 Å². The standard InChI is InChI=1S/C10H22N3O5PS.C2HF3O2/c1-7(9(14)17-3)12-19(16,20-6-5-11)13-8(2)10(15)18-4;3-2(4,5)1(6)7/h7-8H,5-6,11H2,1-4H3,(H2,12,13,16);(H,6,7)/t7-,8+,19?;. The van der Waals surface area contributed by atoms with E-state index in [1.54, 1.807) is 0 Å². The lowest BCUT2D eigenvalue weighted by atomic mass is 10.4. The lowest BCUT2D eigenvalue weighted by Gasteiger charge is -2.25. The Morgan fingerprint density at radius 2 is 1.44 bits per heavy atom. The van der Waals surface area contributed by atoms with Crippen LogP contribution in [0.4, 0.5) is 13.2 Å². The van der Waals surface area contributed by atoms with Crippen LogP contribution in [0.1, 0.15) is 13.8 Å². The molecule has 0 spiro atoms. The monoisotopic (exact) mass is 441 g/mol. The van der Waals surface area contributed by atoms with Crippen LogP contribution in [0.2, 0.25) is 0 Å². The number of carbonyl (C=O) groups is 3. The summed E-state index contributed by atoms with van der Waals surface area (Å²) in [7, 11) is 2.48. The lowest BCUT2D eigenvalue weighted by molar-refractivity contribution is -0.192. The lowest BCUT2D eigenvalue weighted by Crippen LogP contribution is -2.40. The molecule has 0 radical (unpaired) electrons. The Labute approximate surface area is 157 Å². The Kier molecular flexibility index (Phi) is 13.4. The third kappa shape index (κ3) is 12.6. The Morgan fingerprint density at radius 1 is 1.11 bits per heavy atom. The first-order valence-corrected chi connectivity index (χ1v) is 10.5. The molecule has 0 saturated carbocycles. The van der Waals surface area contributed by atoms with E-state index in [9.17, 15) is 27.3 Å².